The first kappa shape index (κ1) is 13.2. The summed E-state index contributed by atoms with van der Waals surface area (Å²) in [6.07, 6.45) is 5.25. The van der Waals surface area contributed by atoms with Gasteiger partial charge in [-0.3, -0.25) is 4.79 Å². The number of Topliss-reactive ketones (excluding diaryl/α,β-unsaturated/α-hetero) is 1. The van der Waals surface area contributed by atoms with Crippen molar-refractivity contribution in [2.24, 2.45) is 5.92 Å². The van der Waals surface area contributed by atoms with Crippen LogP contribution in [-0.2, 0) is 6.54 Å². The van der Waals surface area contributed by atoms with Crippen LogP contribution in [0.25, 0.3) is 0 Å². The third kappa shape index (κ3) is 2.46. The van der Waals surface area contributed by atoms with Gasteiger partial charge in [0.05, 0.1) is 6.20 Å². The van der Waals surface area contributed by atoms with Gasteiger partial charge in [-0.15, -0.1) is 5.10 Å². The molecule has 0 unspecified atom stereocenters. The quantitative estimate of drug-likeness (QED) is 0.829. The molecule has 0 aromatic carbocycles. The van der Waals surface area contributed by atoms with Crippen LogP contribution in [-0.4, -0.2) is 31.5 Å². The number of hydrogen-bond donors (Lipinski definition) is 1. The van der Waals surface area contributed by atoms with Gasteiger partial charge >= 0.3 is 0 Å². The largest absolute Gasteiger partial charge is 0.382 e. The number of carbonyl (C=O) groups is 1. The third-order valence-corrected chi connectivity index (χ3v) is 3.81. The molecule has 0 bridgehead atoms. The van der Waals surface area contributed by atoms with E-state index < -0.39 is 5.60 Å². The number of aliphatic hydroxyl groups is 1. The van der Waals surface area contributed by atoms with Crippen LogP contribution < -0.4 is 0 Å². The summed E-state index contributed by atoms with van der Waals surface area (Å²) >= 11 is 0. The summed E-state index contributed by atoms with van der Waals surface area (Å²) < 4.78 is 1.60. The van der Waals surface area contributed by atoms with E-state index in [-0.39, 0.29) is 5.78 Å². The molecule has 1 heterocycles. The fourth-order valence-corrected chi connectivity index (χ4v) is 2.52. The third-order valence-electron chi connectivity index (χ3n) is 3.81. The molecule has 0 aliphatic heterocycles. The second-order valence-electron chi connectivity index (χ2n) is 5.39. The van der Waals surface area contributed by atoms with Crippen LogP contribution >= 0.6 is 0 Å². The highest BCUT2D eigenvalue weighted by atomic mass is 16.3. The summed E-state index contributed by atoms with van der Waals surface area (Å²) in [6.45, 7) is 4.84. The van der Waals surface area contributed by atoms with Gasteiger partial charge in [0.1, 0.15) is 11.3 Å². The summed E-state index contributed by atoms with van der Waals surface area (Å²) in [5, 5.41) is 18.2. The highest BCUT2D eigenvalue weighted by Gasteiger charge is 2.40. The molecule has 100 valence electrons. The van der Waals surface area contributed by atoms with E-state index in [1.807, 2.05) is 6.92 Å². The number of nitrogens with zero attached hydrogens (tertiary/aromatic N) is 3. The van der Waals surface area contributed by atoms with Gasteiger partial charge in [0, 0.05) is 6.54 Å². The number of carbonyl (C=O) groups excluding carboxylic acids is 1. The van der Waals surface area contributed by atoms with Crippen LogP contribution in [0, 0.1) is 5.92 Å². The summed E-state index contributed by atoms with van der Waals surface area (Å²) in [4.78, 5) is 12.4. The Labute approximate surface area is 107 Å². The first-order valence-corrected chi connectivity index (χ1v) is 6.72. The second kappa shape index (κ2) is 5.18. The average Bonchev–Trinajstić information content (AvgIpc) is 2.81. The fraction of sp³-hybridized carbons (Fsp3) is 0.769. The molecule has 1 saturated carbocycles. The van der Waals surface area contributed by atoms with E-state index in [9.17, 15) is 9.90 Å². The van der Waals surface area contributed by atoms with E-state index in [1.165, 1.54) is 6.20 Å². The molecule has 1 aromatic heterocycles. The molecule has 5 nitrogen and oxygen atoms in total. The Morgan fingerprint density at radius 2 is 2.22 bits per heavy atom. The van der Waals surface area contributed by atoms with Crippen molar-refractivity contribution < 1.29 is 9.90 Å². The molecule has 5 heteroatoms. The lowest BCUT2D eigenvalue weighted by Crippen LogP contribution is -2.42. The number of aryl methyl sites for hydroxylation is 1. The Hall–Kier alpha value is -1.23. The first-order chi connectivity index (χ1) is 8.57. The summed E-state index contributed by atoms with van der Waals surface area (Å²) in [7, 11) is 0. The maximum Gasteiger partial charge on any atom is 0.213 e. The zero-order chi connectivity index (χ0) is 13.2. The molecule has 1 aliphatic rings. The van der Waals surface area contributed by atoms with E-state index in [0.717, 1.165) is 19.3 Å². The minimum atomic E-state index is -1.21. The van der Waals surface area contributed by atoms with Crippen LogP contribution in [0.2, 0.25) is 0 Å². The molecule has 1 N–H and O–H groups in total. The summed E-state index contributed by atoms with van der Waals surface area (Å²) in [6, 6.07) is 0. The second-order valence-corrected chi connectivity index (χ2v) is 5.39. The van der Waals surface area contributed by atoms with Crippen molar-refractivity contribution in [2.75, 3.05) is 0 Å². The van der Waals surface area contributed by atoms with Gasteiger partial charge in [-0.2, -0.15) is 0 Å². The van der Waals surface area contributed by atoms with Crippen molar-refractivity contribution in [3.05, 3.63) is 11.9 Å². The van der Waals surface area contributed by atoms with Gasteiger partial charge < -0.3 is 5.11 Å². The number of aromatic nitrogens is 3. The van der Waals surface area contributed by atoms with Crippen molar-refractivity contribution in [1.29, 1.82) is 0 Å². The van der Waals surface area contributed by atoms with Crippen LogP contribution in [0.3, 0.4) is 0 Å². The standard InChI is InChI=1S/C13H21N3O2/c1-3-8-16-11(9-14-15-16)12(17)13(18)6-4-10(2)5-7-13/h9-10,18H,3-8H2,1-2H3. The van der Waals surface area contributed by atoms with E-state index in [1.54, 1.807) is 4.68 Å². The Bertz CT molecular complexity index is 420. The zero-order valence-electron chi connectivity index (χ0n) is 11.1. The molecule has 0 spiro atoms. The van der Waals surface area contributed by atoms with E-state index in [0.29, 0.717) is 31.0 Å². The fourth-order valence-electron chi connectivity index (χ4n) is 2.52. The maximum absolute atomic E-state index is 12.4. The smallest absolute Gasteiger partial charge is 0.213 e. The lowest BCUT2D eigenvalue weighted by atomic mass is 9.76. The van der Waals surface area contributed by atoms with E-state index in [4.69, 9.17) is 0 Å². The van der Waals surface area contributed by atoms with Crippen LogP contribution in [0.4, 0.5) is 0 Å². The molecule has 18 heavy (non-hydrogen) atoms. The Kier molecular flexibility index (Phi) is 3.80. The van der Waals surface area contributed by atoms with E-state index >= 15 is 0 Å². The maximum atomic E-state index is 12.4. The number of ketones is 1. The lowest BCUT2D eigenvalue weighted by Gasteiger charge is -2.33. The molecule has 0 radical (unpaired) electrons. The Balaban J connectivity index is 2.17. The minimum Gasteiger partial charge on any atom is -0.382 e. The Morgan fingerprint density at radius 1 is 1.56 bits per heavy atom. The normalized spacial score (nSPS) is 28.3. The van der Waals surface area contributed by atoms with Crippen molar-refractivity contribution >= 4 is 5.78 Å². The molecule has 0 atom stereocenters. The van der Waals surface area contributed by atoms with Gasteiger partial charge in [0.15, 0.2) is 0 Å². The molecule has 0 amide bonds. The lowest BCUT2D eigenvalue weighted by molar-refractivity contribution is 0.00335. The van der Waals surface area contributed by atoms with Crippen molar-refractivity contribution in [2.45, 2.75) is 58.1 Å². The van der Waals surface area contributed by atoms with Crippen molar-refractivity contribution in [3.8, 4) is 0 Å². The van der Waals surface area contributed by atoms with Gasteiger partial charge in [-0.25, -0.2) is 4.68 Å². The van der Waals surface area contributed by atoms with Gasteiger partial charge in [-0.05, 0) is 38.0 Å². The monoisotopic (exact) mass is 251 g/mol. The topological polar surface area (TPSA) is 68.0 Å². The van der Waals surface area contributed by atoms with E-state index in [2.05, 4.69) is 17.2 Å². The molecule has 1 aromatic rings. The first-order valence-electron chi connectivity index (χ1n) is 6.72. The van der Waals surface area contributed by atoms with Crippen LogP contribution in [0.5, 0.6) is 0 Å². The molecule has 1 aliphatic carbocycles. The SMILES string of the molecule is CCCn1nncc1C(=O)C1(O)CCC(C)CC1. The highest BCUT2D eigenvalue weighted by Crippen LogP contribution is 2.34. The van der Waals surface area contributed by atoms with Gasteiger partial charge in [-0.1, -0.05) is 19.1 Å². The molecule has 2 rings (SSSR count). The van der Waals surface area contributed by atoms with Crippen molar-refractivity contribution in [1.82, 2.24) is 15.0 Å². The zero-order valence-corrected chi connectivity index (χ0v) is 11.1. The van der Waals surface area contributed by atoms with Crippen LogP contribution in [0.1, 0.15) is 56.4 Å². The minimum absolute atomic E-state index is 0.215. The molecular formula is C13H21N3O2. The van der Waals surface area contributed by atoms with Crippen LogP contribution in [0.15, 0.2) is 6.20 Å². The highest BCUT2D eigenvalue weighted by molar-refractivity contribution is 6.00. The molecular weight excluding hydrogens is 230 g/mol. The average molecular weight is 251 g/mol. The van der Waals surface area contributed by atoms with Gasteiger partial charge in [0.2, 0.25) is 5.78 Å². The number of hydrogen-bond acceptors (Lipinski definition) is 4. The van der Waals surface area contributed by atoms with Gasteiger partial charge in [0.25, 0.3) is 0 Å². The molecule has 0 saturated heterocycles. The summed E-state index contributed by atoms with van der Waals surface area (Å²) in [5.41, 5.74) is -0.770. The predicted octanol–water partition coefficient (Wildman–Crippen LogP) is 1.81. The molecule has 1 fully saturated rings. The van der Waals surface area contributed by atoms with Crippen molar-refractivity contribution in [3.63, 3.8) is 0 Å². The predicted molar refractivity (Wildman–Crippen MR) is 67.2 cm³/mol. The number of rotatable bonds is 4. The Morgan fingerprint density at radius 3 is 2.83 bits per heavy atom. The summed E-state index contributed by atoms with van der Waals surface area (Å²) in [5.74, 6) is 0.379.